The number of nitrogens with one attached hydrogen (secondary N) is 1. The summed E-state index contributed by atoms with van der Waals surface area (Å²) in [6.07, 6.45) is 11.6. The van der Waals surface area contributed by atoms with Crippen LogP contribution >= 0.6 is 11.6 Å². The van der Waals surface area contributed by atoms with E-state index in [0.29, 0.717) is 5.02 Å². The van der Waals surface area contributed by atoms with E-state index in [0.717, 1.165) is 45.7 Å². The van der Waals surface area contributed by atoms with Crippen LogP contribution in [0.25, 0.3) is 33.3 Å². The maximum atomic E-state index is 10.4. The second-order valence-electron chi connectivity index (χ2n) is 11.0. The second kappa shape index (κ2) is 9.33. The number of aryl methyl sites for hydroxylation is 2. The van der Waals surface area contributed by atoms with Gasteiger partial charge < -0.3 is 15.0 Å². The molecule has 2 aromatic carbocycles. The van der Waals surface area contributed by atoms with Crippen molar-refractivity contribution in [2.24, 2.45) is 0 Å². The van der Waals surface area contributed by atoms with Crippen LogP contribution in [0.5, 0.6) is 0 Å². The van der Waals surface area contributed by atoms with Gasteiger partial charge >= 0.3 is 0 Å². The van der Waals surface area contributed by atoms with Gasteiger partial charge in [0.2, 0.25) is 0 Å². The van der Waals surface area contributed by atoms with Crippen LogP contribution in [0.1, 0.15) is 56.2 Å². The average Bonchev–Trinajstić information content (AvgIpc) is 3.49. The minimum absolute atomic E-state index is 0.566. The van der Waals surface area contributed by atoms with Gasteiger partial charge in [-0.2, -0.15) is 0 Å². The predicted octanol–water partition coefficient (Wildman–Crippen LogP) is 7.12. The Morgan fingerprint density at radius 2 is 1.69 bits per heavy atom. The summed E-state index contributed by atoms with van der Waals surface area (Å²) in [5, 5.41) is 12.0. The van der Waals surface area contributed by atoms with Gasteiger partial charge in [0, 0.05) is 45.5 Å². The van der Waals surface area contributed by atoms with Crippen LogP contribution in [0.2, 0.25) is 5.02 Å². The number of fused-ring (bicyclic) bond motifs is 2. The van der Waals surface area contributed by atoms with Gasteiger partial charge in [0.25, 0.3) is 0 Å². The lowest BCUT2D eigenvalue weighted by molar-refractivity contribution is 0.0787. The van der Waals surface area contributed by atoms with E-state index in [4.69, 9.17) is 16.6 Å². The Labute approximate surface area is 218 Å². The first-order valence-electron chi connectivity index (χ1n) is 13.2. The van der Waals surface area contributed by atoms with Crippen molar-refractivity contribution < 1.29 is 5.11 Å². The second-order valence-corrected chi connectivity index (χ2v) is 11.4. The first-order chi connectivity index (χ1) is 17.4. The maximum Gasteiger partial charge on any atom is 0.137 e. The molecule has 5 heteroatoms. The third-order valence-corrected chi connectivity index (χ3v) is 8.47. The van der Waals surface area contributed by atoms with Crippen LogP contribution in [0.15, 0.2) is 54.9 Å². The summed E-state index contributed by atoms with van der Waals surface area (Å²) in [6, 6.07) is 15.8. The zero-order valence-corrected chi connectivity index (χ0v) is 21.9. The van der Waals surface area contributed by atoms with Crippen molar-refractivity contribution in [1.29, 1.82) is 0 Å². The summed E-state index contributed by atoms with van der Waals surface area (Å²) in [4.78, 5) is 10.8. The largest absolute Gasteiger partial charge is 0.386 e. The van der Waals surface area contributed by atoms with Crippen LogP contribution in [-0.2, 0) is 18.4 Å². The van der Waals surface area contributed by atoms with Gasteiger partial charge in [-0.1, -0.05) is 41.9 Å². The molecule has 186 valence electrons. The number of nitrogens with zero attached hydrogens (tertiary/aromatic N) is 2. The van der Waals surface area contributed by atoms with E-state index in [2.05, 4.69) is 34.1 Å². The van der Waals surface area contributed by atoms with E-state index in [-0.39, 0.29) is 0 Å². The quantitative estimate of drug-likeness (QED) is 0.294. The number of aromatic nitrogens is 2. The number of pyridine rings is 1. The first kappa shape index (κ1) is 23.7. The predicted molar refractivity (Wildman–Crippen MR) is 148 cm³/mol. The molecule has 3 heterocycles. The van der Waals surface area contributed by atoms with E-state index in [1.807, 2.05) is 30.6 Å². The van der Waals surface area contributed by atoms with E-state index < -0.39 is 5.60 Å². The minimum atomic E-state index is -0.982. The smallest absolute Gasteiger partial charge is 0.137 e. The van der Waals surface area contributed by atoms with Crippen LogP contribution < -0.4 is 0 Å². The Bertz CT molecular complexity index is 1410. The fraction of sp³-hybridized carbons (Fsp3) is 0.387. The van der Waals surface area contributed by atoms with Gasteiger partial charge in [-0.25, -0.2) is 4.98 Å². The third kappa shape index (κ3) is 4.47. The molecule has 0 bridgehead atoms. The van der Waals surface area contributed by atoms with E-state index in [9.17, 15) is 5.11 Å². The van der Waals surface area contributed by atoms with Gasteiger partial charge in [-0.3, -0.25) is 0 Å². The number of hydrogen-bond donors (Lipinski definition) is 2. The molecule has 1 unspecified atom stereocenters. The summed E-state index contributed by atoms with van der Waals surface area (Å²) < 4.78 is 0. The molecular formula is C31H34ClN3O. The Morgan fingerprint density at radius 1 is 0.944 bits per heavy atom. The summed E-state index contributed by atoms with van der Waals surface area (Å²) in [5.74, 6) is 0. The number of likely N-dealkylation sites (tertiary alicyclic amines) is 1. The van der Waals surface area contributed by atoms with E-state index in [1.54, 1.807) is 13.8 Å². The molecule has 0 radical (unpaired) electrons. The Balaban J connectivity index is 1.31. The fourth-order valence-corrected chi connectivity index (χ4v) is 6.53. The van der Waals surface area contributed by atoms with Crippen molar-refractivity contribution in [2.45, 2.75) is 64.0 Å². The molecule has 1 aliphatic heterocycles. The van der Waals surface area contributed by atoms with Crippen molar-refractivity contribution in [3.63, 3.8) is 0 Å². The number of halogens is 1. The van der Waals surface area contributed by atoms with Gasteiger partial charge in [0.15, 0.2) is 0 Å². The fourth-order valence-electron chi connectivity index (χ4n) is 6.12. The van der Waals surface area contributed by atoms with E-state index in [1.165, 1.54) is 61.9 Å². The van der Waals surface area contributed by atoms with Crippen molar-refractivity contribution in [3.05, 3.63) is 76.6 Å². The number of benzene rings is 2. The lowest BCUT2D eigenvalue weighted by atomic mass is 9.94. The molecule has 0 amide bonds. The highest BCUT2D eigenvalue weighted by Crippen LogP contribution is 2.36. The number of rotatable bonds is 4. The summed E-state index contributed by atoms with van der Waals surface area (Å²) in [5.41, 5.74) is 8.04. The monoisotopic (exact) mass is 499 g/mol. The summed E-state index contributed by atoms with van der Waals surface area (Å²) in [7, 11) is 0. The molecule has 0 spiro atoms. The van der Waals surface area contributed by atoms with Gasteiger partial charge in [0.05, 0.1) is 5.60 Å². The molecule has 0 saturated carbocycles. The molecule has 1 atom stereocenters. The summed E-state index contributed by atoms with van der Waals surface area (Å²) >= 11 is 6.55. The van der Waals surface area contributed by atoms with Crippen LogP contribution in [-0.4, -0.2) is 39.1 Å². The van der Waals surface area contributed by atoms with Gasteiger partial charge in [-0.15, -0.1) is 0 Å². The summed E-state index contributed by atoms with van der Waals surface area (Å²) in [6.45, 7) is 6.07. The average molecular weight is 500 g/mol. The standard InChI is InChI=1S/C31H34ClN3O/c1-31(2,36)28-12-9-23(17-29(28)32)27-19-34-30-26(27)16-24(18-33-30)22-6-5-20-7-10-25(11-8-21(20)15-22)35-13-3-4-14-35/h5-6,9,12,15-19,25,36H,3-4,7-8,10-11,13-14H2,1-2H3,(H,33,34). The highest BCUT2D eigenvalue weighted by atomic mass is 35.5. The molecular weight excluding hydrogens is 466 g/mol. The molecule has 4 aromatic rings. The molecule has 1 saturated heterocycles. The highest BCUT2D eigenvalue weighted by molar-refractivity contribution is 6.31. The zero-order valence-electron chi connectivity index (χ0n) is 21.1. The Kier molecular flexibility index (Phi) is 6.15. The molecule has 4 nitrogen and oxygen atoms in total. The highest BCUT2D eigenvalue weighted by Gasteiger charge is 2.25. The molecule has 36 heavy (non-hydrogen) atoms. The molecule has 6 rings (SSSR count). The van der Waals surface area contributed by atoms with Crippen molar-refractivity contribution in [2.75, 3.05) is 13.1 Å². The normalized spacial score (nSPS) is 18.9. The number of aliphatic hydroxyl groups is 1. The number of hydrogen-bond acceptors (Lipinski definition) is 3. The number of H-pyrrole nitrogens is 1. The minimum Gasteiger partial charge on any atom is -0.386 e. The Morgan fingerprint density at radius 3 is 2.44 bits per heavy atom. The SMILES string of the molecule is CC(C)(O)c1ccc(-c2c[nH]c3ncc(-c4ccc5c(c4)CCC(N4CCCC4)CC5)cc23)cc1Cl. The van der Waals surface area contributed by atoms with Crippen molar-refractivity contribution in [3.8, 4) is 22.3 Å². The number of aromatic amines is 1. The van der Waals surface area contributed by atoms with Crippen molar-refractivity contribution in [1.82, 2.24) is 14.9 Å². The zero-order chi connectivity index (χ0) is 24.9. The molecule has 2 aromatic heterocycles. The van der Waals surface area contributed by atoms with Crippen LogP contribution in [0.4, 0.5) is 0 Å². The third-order valence-electron chi connectivity index (χ3n) is 8.16. The Hall–Kier alpha value is -2.66. The lowest BCUT2D eigenvalue weighted by Gasteiger charge is -2.25. The molecule has 1 fully saturated rings. The molecule has 2 N–H and O–H groups in total. The molecule has 1 aliphatic carbocycles. The van der Waals surface area contributed by atoms with Crippen LogP contribution in [0.3, 0.4) is 0 Å². The van der Waals surface area contributed by atoms with E-state index >= 15 is 0 Å². The topological polar surface area (TPSA) is 52.1 Å². The van der Waals surface area contributed by atoms with Gasteiger partial charge in [0.1, 0.15) is 5.65 Å². The maximum absolute atomic E-state index is 10.4. The van der Waals surface area contributed by atoms with Crippen molar-refractivity contribution >= 4 is 22.6 Å². The van der Waals surface area contributed by atoms with Gasteiger partial charge in [-0.05, 0) is 99.8 Å². The first-order valence-corrected chi connectivity index (χ1v) is 13.6. The molecule has 2 aliphatic rings. The van der Waals surface area contributed by atoms with Crippen LogP contribution in [0, 0.1) is 0 Å². The lowest BCUT2D eigenvalue weighted by Crippen LogP contribution is -2.32.